The van der Waals surface area contributed by atoms with Gasteiger partial charge in [-0.15, -0.1) is 5.10 Å². The predicted molar refractivity (Wildman–Crippen MR) is 66.1 cm³/mol. The first-order chi connectivity index (χ1) is 8.14. The molecule has 1 aromatic rings. The highest BCUT2D eigenvalue weighted by molar-refractivity contribution is 4.91. The molecule has 0 unspecified atom stereocenters. The molecule has 5 nitrogen and oxygen atoms in total. The van der Waals surface area contributed by atoms with Crippen LogP contribution >= 0.6 is 0 Å². The molecule has 0 aliphatic rings. The summed E-state index contributed by atoms with van der Waals surface area (Å²) in [6.45, 7) is 6.74. The quantitative estimate of drug-likeness (QED) is 0.695. The van der Waals surface area contributed by atoms with Crippen LogP contribution in [-0.2, 0) is 6.54 Å². The van der Waals surface area contributed by atoms with E-state index in [1.54, 1.807) is 6.20 Å². The molecule has 0 aliphatic carbocycles. The normalized spacial score (nSPS) is 11.4. The van der Waals surface area contributed by atoms with Crippen molar-refractivity contribution < 1.29 is 0 Å². The van der Waals surface area contributed by atoms with Gasteiger partial charge in [0.25, 0.3) is 0 Å². The van der Waals surface area contributed by atoms with E-state index in [1.165, 1.54) is 0 Å². The summed E-state index contributed by atoms with van der Waals surface area (Å²) < 4.78 is 1.81. The van der Waals surface area contributed by atoms with E-state index in [9.17, 15) is 0 Å². The number of nitrogens with one attached hydrogen (secondary N) is 1. The van der Waals surface area contributed by atoms with Crippen molar-refractivity contribution in [2.24, 2.45) is 5.41 Å². The highest BCUT2D eigenvalue weighted by atomic mass is 15.4. The van der Waals surface area contributed by atoms with E-state index in [0.29, 0.717) is 0 Å². The molecule has 0 atom stereocenters. The second kappa shape index (κ2) is 7.02. The Morgan fingerprint density at radius 3 is 2.82 bits per heavy atom. The molecule has 94 valence electrons. The monoisotopic (exact) mass is 235 g/mol. The van der Waals surface area contributed by atoms with Gasteiger partial charge in [0.2, 0.25) is 0 Å². The first-order valence-corrected chi connectivity index (χ1v) is 6.10. The van der Waals surface area contributed by atoms with E-state index in [2.05, 4.69) is 21.7 Å². The van der Waals surface area contributed by atoms with Crippen LogP contribution in [0.1, 0.15) is 33.1 Å². The lowest BCUT2D eigenvalue weighted by atomic mass is 9.89. The van der Waals surface area contributed by atoms with Gasteiger partial charge in [0, 0.05) is 12.7 Å². The Balaban J connectivity index is 1.93. The molecule has 0 aromatic carbocycles. The first-order valence-electron chi connectivity index (χ1n) is 6.10. The molecule has 1 rings (SSSR count). The summed E-state index contributed by atoms with van der Waals surface area (Å²) in [4.78, 5) is 0. The van der Waals surface area contributed by atoms with E-state index < -0.39 is 0 Å². The van der Waals surface area contributed by atoms with Crippen LogP contribution in [0.5, 0.6) is 0 Å². The molecule has 5 heteroatoms. The Kier molecular flexibility index (Phi) is 5.64. The number of rotatable bonds is 8. The smallest absolute Gasteiger partial charge is 0.0692 e. The molecular formula is C12H21N5. The molecule has 0 bridgehead atoms. The van der Waals surface area contributed by atoms with Gasteiger partial charge in [0.15, 0.2) is 0 Å². The highest BCUT2D eigenvalue weighted by Gasteiger charge is 2.14. The van der Waals surface area contributed by atoms with Crippen LogP contribution < -0.4 is 5.32 Å². The number of hydrogen-bond acceptors (Lipinski definition) is 4. The zero-order valence-corrected chi connectivity index (χ0v) is 10.7. The van der Waals surface area contributed by atoms with E-state index >= 15 is 0 Å². The lowest BCUT2D eigenvalue weighted by Crippen LogP contribution is -2.21. The van der Waals surface area contributed by atoms with Crippen LogP contribution in [0.2, 0.25) is 0 Å². The van der Waals surface area contributed by atoms with Crippen LogP contribution in [0.4, 0.5) is 0 Å². The fourth-order valence-electron chi connectivity index (χ4n) is 1.54. The van der Waals surface area contributed by atoms with Crippen molar-refractivity contribution in [3.05, 3.63) is 12.4 Å². The van der Waals surface area contributed by atoms with Crippen molar-refractivity contribution in [2.45, 2.75) is 39.7 Å². The first kappa shape index (κ1) is 13.7. The summed E-state index contributed by atoms with van der Waals surface area (Å²) in [5.41, 5.74) is -0.180. The van der Waals surface area contributed by atoms with Gasteiger partial charge < -0.3 is 5.32 Å². The second-order valence-corrected chi connectivity index (χ2v) is 4.87. The molecule has 17 heavy (non-hydrogen) atoms. The molecular weight excluding hydrogens is 214 g/mol. The zero-order valence-electron chi connectivity index (χ0n) is 10.7. The van der Waals surface area contributed by atoms with Crippen molar-refractivity contribution in [2.75, 3.05) is 13.1 Å². The maximum Gasteiger partial charge on any atom is 0.0692 e. The average molecular weight is 235 g/mol. The van der Waals surface area contributed by atoms with Crippen molar-refractivity contribution in [1.82, 2.24) is 20.3 Å². The summed E-state index contributed by atoms with van der Waals surface area (Å²) in [6, 6.07) is 2.32. The minimum atomic E-state index is -0.180. The summed E-state index contributed by atoms with van der Waals surface area (Å²) in [5, 5.41) is 19.8. The van der Waals surface area contributed by atoms with E-state index in [4.69, 9.17) is 5.26 Å². The van der Waals surface area contributed by atoms with Crippen molar-refractivity contribution in [1.29, 1.82) is 5.26 Å². The van der Waals surface area contributed by atoms with E-state index in [0.717, 1.165) is 38.9 Å². The maximum atomic E-state index is 8.86. The van der Waals surface area contributed by atoms with Gasteiger partial charge in [-0.2, -0.15) is 5.26 Å². The summed E-state index contributed by atoms with van der Waals surface area (Å²) in [5.74, 6) is 0. The topological polar surface area (TPSA) is 66.5 Å². The van der Waals surface area contributed by atoms with Gasteiger partial charge >= 0.3 is 0 Å². The van der Waals surface area contributed by atoms with Crippen LogP contribution in [0.15, 0.2) is 12.4 Å². The van der Waals surface area contributed by atoms with Crippen molar-refractivity contribution >= 4 is 0 Å². The van der Waals surface area contributed by atoms with Gasteiger partial charge in [0.1, 0.15) is 0 Å². The number of nitriles is 1. The van der Waals surface area contributed by atoms with Crippen molar-refractivity contribution in [3.63, 3.8) is 0 Å². The lowest BCUT2D eigenvalue weighted by molar-refractivity contribution is 0.420. The molecule has 0 fully saturated rings. The Bertz CT molecular complexity index is 336. The summed E-state index contributed by atoms with van der Waals surface area (Å²) in [7, 11) is 0. The van der Waals surface area contributed by atoms with Crippen molar-refractivity contribution in [3.8, 4) is 6.07 Å². The van der Waals surface area contributed by atoms with Crippen LogP contribution in [0.3, 0.4) is 0 Å². The molecule has 0 radical (unpaired) electrons. The van der Waals surface area contributed by atoms with Gasteiger partial charge in [-0.25, -0.2) is 0 Å². The highest BCUT2D eigenvalue weighted by Crippen LogP contribution is 2.21. The molecule has 0 saturated heterocycles. The third-order valence-electron chi connectivity index (χ3n) is 2.70. The lowest BCUT2D eigenvalue weighted by Gasteiger charge is -2.14. The largest absolute Gasteiger partial charge is 0.315 e. The van der Waals surface area contributed by atoms with Gasteiger partial charge in [-0.05, 0) is 33.2 Å². The number of nitrogens with zero attached hydrogens (tertiary/aromatic N) is 4. The minimum Gasteiger partial charge on any atom is -0.315 e. The molecule has 0 amide bonds. The minimum absolute atomic E-state index is 0.180. The Labute approximate surface area is 103 Å². The third-order valence-corrected chi connectivity index (χ3v) is 2.70. The van der Waals surface area contributed by atoms with Gasteiger partial charge in [0.05, 0.1) is 24.2 Å². The summed E-state index contributed by atoms with van der Waals surface area (Å²) in [6.07, 6.45) is 6.72. The Morgan fingerprint density at radius 2 is 2.18 bits per heavy atom. The average Bonchev–Trinajstić information content (AvgIpc) is 2.81. The van der Waals surface area contributed by atoms with Crippen LogP contribution in [0.25, 0.3) is 0 Å². The molecule has 1 heterocycles. The zero-order chi connectivity index (χ0) is 12.6. The van der Waals surface area contributed by atoms with E-state index in [-0.39, 0.29) is 5.41 Å². The Hall–Kier alpha value is -1.41. The molecule has 1 aromatic heterocycles. The van der Waals surface area contributed by atoms with Gasteiger partial charge in [-0.1, -0.05) is 11.6 Å². The van der Waals surface area contributed by atoms with Crippen LogP contribution in [0, 0.1) is 16.7 Å². The molecule has 0 aliphatic heterocycles. The molecule has 1 N–H and O–H groups in total. The standard InChI is InChI=1S/C12H21N5/c1-12(2,11-13)5-3-4-6-14-7-9-17-10-8-15-16-17/h8,10,14H,3-7,9H2,1-2H3. The summed E-state index contributed by atoms with van der Waals surface area (Å²) >= 11 is 0. The molecule has 0 saturated carbocycles. The maximum absolute atomic E-state index is 8.86. The van der Waals surface area contributed by atoms with Gasteiger partial charge in [-0.3, -0.25) is 4.68 Å². The molecule has 0 spiro atoms. The SMILES string of the molecule is CC(C)(C#N)CCCCNCCn1ccnn1. The number of aromatic nitrogens is 3. The number of unbranched alkanes of at least 4 members (excludes halogenated alkanes) is 1. The number of hydrogen-bond donors (Lipinski definition) is 1. The fourth-order valence-corrected chi connectivity index (χ4v) is 1.54. The Morgan fingerprint density at radius 1 is 1.35 bits per heavy atom. The fraction of sp³-hybridized carbons (Fsp3) is 0.750. The third kappa shape index (κ3) is 6.03. The second-order valence-electron chi connectivity index (χ2n) is 4.87. The van der Waals surface area contributed by atoms with Crippen LogP contribution in [-0.4, -0.2) is 28.1 Å². The van der Waals surface area contributed by atoms with E-state index in [1.807, 2.05) is 24.7 Å². The predicted octanol–water partition coefficient (Wildman–Crippen LogP) is 1.59.